The molecule has 3 rings (SSSR count). The number of nitrogens with one attached hydrogen (secondary N) is 1. The van der Waals surface area contributed by atoms with Gasteiger partial charge >= 0.3 is 0 Å². The Morgan fingerprint density at radius 2 is 1.93 bits per heavy atom. The quantitative estimate of drug-likeness (QED) is 0.530. The molecule has 2 aromatic carbocycles. The smallest absolute Gasteiger partial charge is 0.248 e. The van der Waals surface area contributed by atoms with Gasteiger partial charge in [-0.3, -0.25) is 4.79 Å². The summed E-state index contributed by atoms with van der Waals surface area (Å²) >= 11 is 1.48. The molecule has 0 aliphatic carbocycles. The molecule has 0 fully saturated rings. The lowest BCUT2D eigenvalue weighted by Gasteiger charge is -2.19. The minimum absolute atomic E-state index is 0.0949. The average Bonchev–Trinajstić information content (AvgIpc) is 3.16. The molecule has 1 amide bonds. The first kappa shape index (κ1) is 21.9. The summed E-state index contributed by atoms with van der Waals surface area (Å²) in [5, 5.41) is 3.40. The van der Waals surface area contributed by atoms with Crippen LogP contribution in [0.1, 0.15) is 18.9 Å². The fourth-order valence-electron chi connectivity index (χ4n) is 2.94. The fraction of sp³-hybridized carbons (Fsp3) is 0.238. The van der Waals surface area contributed by atoms with Gasteiger partial charge in [0.1, 0.15) is 10.8 Å². The third-order valence-electron chi connectivity index (χ3n) is 4.46. The van der Waals surface area contributed by atoms with Crippen molar-refractivity contribution >= 4 is 49.2 Å². The molecule has 0 spiro atoms. The van der Waals surface area contributed by atoms with Crippen LogP contribution < -0.4 is 10.1 Å². The van der Waals surface area contributed by atoms with Gasteiger partial charge in [0.05, 0.1) is 27.9 Å². The molecule has 0 saturated heterocycles. The number of nitrogens with zero attached hydrogens (tertiary/aromatic N) is 2. The Kier molecular flexibility index (Phi) is 6.86. The molecule has 0 radical (unpaired) electrons. The molecule has 30 heavy (non-hydrogen) atoms. The van der Waals surface area contributed by atoms with Crippen molar-refractivity contribution in [2.75, 3.05) is 25.5 Å². The highest BCUT2D eigenvalue weighted by molar-refractivity contribution is 7.89. The van der Waals surface area contributed by atoms with Crippen LogP contribution in [0, 0.1) is 0 Å². The normalized spacial score (nSPS) is 12.0. The molecule has 0 unspecified atom stereocenters. The number of ether oxygens (including phenoxy) is 1. The van der Waals surface area contributed by atoms with E-state index in [4.69, 9.17) is 4.74 Å². The van der Waals surface area contributed by atoms with Crippen LogP contribution in [0.25, 0.3) is 16.3 Å². The Hall–Kier alpha value is -2.75. The van der Waals surface area contributed by atoms with Gasteiger partial charge in [0.25, 0.3) is 0 Å². The first-order chi connectivity index (χ1) is 14.4. The van der Waals surface area contributed by atoms with E-state index in [9.17, 15) is 13.2 Å². The molecule has 1 N–H and O–H groups in total. The van der Waals surface area contributed by atoms with E-state index in [1.165, 1.54) is 47.0 Å². The number of sulfonamides is 1. The van der Waals surface area contributed by atoms with Gasteiger partial charge in [0.15, 0.2) is 0 Å². The highest BCUT2D eigenvalue weighted by Crippen LogP contribution is 2.29. The summed E-state index contributed by atoms with van der Waals surface area (Å²) in [4.78, 5) is 17.0. The summed E-state index contributed by atoms with van der Waals surface area (Å²) in [5.74, 6) is -0.0415. The van der Waals surface area contributed by atoms with Crippen molar-refractivity contribution in [1.29, 1.82) is 0 Å². The SMILES string of the molecule is CCN(CC)S(=O)(=O)c1ccc(OC)c(NC(=O)/C=C/c2nc3ccccc3s2)c1. The Morgan fingerprint density at radius 1 is 1.20 bits per heavy atom. The summed E-state index contributed by atoms with van der Waals surface area (Å²) in [7, 11) is -2.20. The Labute approximate surface area is 180 Å². The second-order valence-electron chi connectivity index (χ2n) is 6.29. The van der Waals surface area contributed by atoms with E-state index in [1.54, 1.807) is 19.9 Å². The first-order valence-corrected chi connectivity index (χ1v) is 11.7. The summed E-state index contributed by atoms with van der Waals surface area (Å²) in [5.41, 5.74) is 1.16. The zero-order valence-corrected chi connectivity index (χ0v) is 18.6. The van der Waals surface area contributed by atoms with Crippen LogP contribution in [0.4, 0.5) is 5.69 Å². The molecule has 0 aliphatic rings. The fourth-order valence-corrected chi connectivity index (χ4v) is 5.30. The zero-order valence-electron chi connectivity index (χ0n) is 17.0. The monoisotopic (exact) mass is 445 g/mol. The van der Waals surface area contributed by atoms with Crippen molar-refractivity contribution in [3.05, 3.63) is 53.5 Å². The topological polar surface area (TPSA) is 88.6 Å². The van der Waals surface area contributed by atoms with Crippen molar-refractivity contribution < 1.29 is 17.9 Å². The first-order valence-electron chi connectivity index (χ1n) is 9.41. The lowest BCUT2D eigenvalue weighted by Crippen LogP contribution is -2.30. The second kappa shape index (κ2) is 9.38. The third kappa shape index (κ3) is 4.69. The molecule has 1 heterocycles. The molecule has 158 valence electrons. The molecular formula is C21H23N3O4S2. The lowest BCUT2D eigenvalue weighted by molar-refractivity contribution is -0.111. The Morgan fingerprint density at radius 3 is 2.60 bits per heavy atom. The summed E-state index contributed by atoms with van der Waals surface area (Å²) < 4.78 is 33.2. The van der Waals surface area contributed by atoms with Gasteiger partial charge in [-0.2, -0.15) is 4.31 Å². The number of rotatable bonds is 8. The van der Waals surface area contributed by atoms with E-state index in [0.29, 0.717) is 23.8 Å². The number of hydrogen-bond donors (Lipinski definition) is 1. The van der Waals surface area contributed by atoms with Gasteiger partial charge in [-0.25, -0.2) is 13.4 Å². The number of methoxy groups -OCH3 is 1. The van der Waals surface area contributed by atoms with E-state index in [2.05, 4.69) is 10.3 Å². The number of benzene rings is 2. The van der Waals surface area contributed by atoms with Gasteiger partial charge in [0, 0.05) is 19.2 Å². The number of hydrogen-bond acceptors (Lipinski definition) is 6. The van der Waals surface area contributed by atoms with Gasteiger partial charge in [-0.05, 0) is 36.4 Å². The standard InChI is InChI=1S/C21H23N3O4S2/c1-4-24(5-2)30(26,27)15-10-11-18(28-3)17(14-15)22-20(25)12-13-21-23-16-8-6-7-9-19(16)29-21/h6-14H,4-5H2,1-3H3,(H,22,25)/b13-12+. The van der Waals surface area contributed by atoms with Crippen molar-refractivity contribution in [3.8, 4) is 5.75 Å². The van der Waals surface area contributed by atoms with Crippen LogP contribution >= 0.6 is 11.3 Å². The summed E-state index contributed by atoms with van der Waals surface area (Å²) in [6.45, 7) is 4.27. The highest BCUT2D eigenvalue weighted by atomic mass is 32.2. The van der Waals surface area contributed by atoms with E-state index in [0.717, 1.165) is 10.2 Å². The van der Waals surface area contributed by atoms with Crippen LogP contribution in [0.2, 0.25) is 0 Å². The largest absolute Gasteiger partial charge is 0.495 e. The van der Waals surface area contributed by atoms with Crippen LogP contribution in [0.5, 0.6) is 5.75 Å². The number of fused-ring (bicyclic) bond motifs is 1. The van der Waals surface area contributed by atoms with E-state index < -0.39 is 15.9 Å². The highest BCUT2D eigenvalue weighted by Gasteiger charge is 2.23. The maximum atomic E-state index is 12.8. The summed E-state index contributed by atoms with van der Waals surface area (Å²) in [6, 6.07) is 12.1. The number of carbonyl (C=O) groups excluding carboxylic acids is 1. The number of aromatic nitrogens is 1. The molecule has 0 aliphatic heterocycles. The van der Waals surface area contributed by atoms with Gasteiger partial charge < -0.3 is 10.1 Å². The molecule has 1 aromatic heterocycles. The van der Waals surface area contributed by atoms with Gasteiger partial charge in [-0.15, -0.1) is 11.3 Å². The lowest BCUT2D eigenvalue weighted by atomic mass is 10.3. The van der Waals surface area contributed by atoms with E-state index >= 15 is 0 Å². The van der Waals surface area contributed by atoms with E-state index in [-0.39, 0.29) is 10.6 Å². The maximum Gasteiger partial charge on any atom is 0.248 e. The van der Waals surface area contributed by atoms with Gasteiger partial charge in [0.2, 0.25) is 15.9 Å². The number of amides is 1. The third-order valence-corrected chi connectivity index (χ3v) is 7.51. The Bertz CT molecular complexity index is 1150. The number of thiazole rings is 1. The predicted octanol–water partition coefficient (Wildman–Crippen LogP) is 3.99. The zero-order chi connectivity index (χ0) is 21.7. The van der Waals surface area contributed by atoms with Crippen molar-refractivity contribution in [3.63, 3.8) is 0 Å². The van der Waals surface area contributed by atoms with Gasteiger partial charge in [-0.1, -0.05) is 26.0 Å². The van der Waals surface area contributed by atoms with E-state index in [1.807, 2.05) is 24.3 Å². The second-order valence-corrected chi connectivity index (χ2v) is 9.29. The van der Waals surface area contributed by atoms with Crippen molar-refractivity contribution in [2.24, 2.45) is 0 Å². The van der Waals surface area contributed by atoms with Crippen LogP contribution in [0.3, 0.4) is 0 Å². The van der Waals surface area contributed by atoms with Crippen molar-refractivity contribution in [1.82, 2.24) is 9.29 Å². The van der Waals surface area contributed by atoms with Crippen molar-refractivity contribution in [2.45, 2.75) is 18.7 Å². The molecule has 3 aromatic rings. The Balaban J connectivity index is 1.83. The average molecular weight is 446 g/mol. The number of para-hydroxylation sites is 1. The van der Waals surface area contributed by atoms with Crippen LogP contribution in [-0.4, -0.2) is 43.8 Å². The molecule has 0 saturated carbocycles. The minimum Gasteiger partial charge on any atom is -0.495 e. The van der Waals surface area contributed by atoms with Crippen LogP contribution in [0.15, 0.2) is 53.4 Å². The molecule has 9 heteroatoms. The number of anilines is 1. The summed E-state index contributed by atoms with van der Waals surface area (Å²) in [6.07, 6.45) is 2.99. The molecule has 0 bridgehead atoms. The predicted molar refractivity (Wildman–Crippen MR) is 120 cm³/mol. The maximum absolute atomic E-state index is 12.8. The molecule has 0 atom stereocenters. The number of carbonyl (C=O) groups is 1. The minimum atomic E-state index is -3.65. The molecular weight excluding hydrogens is 422 g/mol. The molecule has 7 nitrogen and oxygen atoms in total. The van der Waals surface area contributed by atoms with Crippen LogP contribution in [-0.2, 0) is 14.8 Å².